The van der Waals surface area contributed by atoms with E-state index in [1.165, 1.54) is 5.56 Å². The molecule has 0 aromatic heterocycles. The Labute approximate surface area is 85.2 Å². The van der Waals surface area contributed by atoms with Crippen LogP contribution in [0, 0.1) is 5.92 Å². The van der Waals surface area contributed by atoms with Gasteiger partial charge in [0.25, 0.3) is 0 Å². The van der Waals surface area contributed by atoms with Gasteiger partial charge in [0.2, 0.25) is 0 Å². The highest BCUT2D eigenvalue weighted by atomic mass is 16.3. The van der Waals surface area contributed by atoms with Gasteiger partial charge < -0.3 is 10.0 Å². The Kier molecular flexibility index (Phi) is 2.85. The summed E-state index contributed by atoms with van der Waals surface area (Å²) in [6.45, 7) is 2.37. The van der Waals surface area contributed by atoms with Crippen LogP contribution in [0.4, 0.5) is 0 Å². The lowest BCUT2D eigenvalue weighted by Gasteiger charge is -2.15. The lowest BCUT2D eigenvalue weighted by molar-refractivity contribution is 0.219. The molecule has 0 aliphatic carbocycles. The molecule has 2 nitrogen and oxygen atoms in total. The second-order valence-electron chi connectivity index (χ2n) is 4.18. The van der Waals surface area contributed by atoms with E-state index in [1.807, 2.05) is 6.07 Å². The standard InChI is InChI=1S/C12H17NO/c1-13-7-11(9-14)12(8-13)10-5-3-2-4-6-10/h2-6,11-12,14H,7-9H2,1H3/t11-,12+/m1/s1. The third-order valence-corrected chi connectivity index (χ3v) is 3.09. The predicted molar refractivity (Wildman–Crippen MR) is 57.3 cm³/mol. The van der Waals surface area contributed by atoms with Crippen molar-refractivity contribution in [2.45, 2.75) is 5.92 Å². The lowest BCUT2D eigenvalue weighted by atomic mass is 9.90. The van der Waals surface area contributed by atoms with Gasteiger partial charge >= 0.3 is 0 Å². The van der Waals surface area contributed by atoms with Gasteiger partial charge in [-0.1, -0.05) is 30.3 Å². The minimum atomic E-state index is 0.296. The Balaban J connectivity index is 2.18. The van der Waals surface area contributed by atoms with Gasteiger partial charge in [-0.3, -0.25) is 0 Å². The second kappa shape index (κ2) is 4.11. The molecular weight excluding hydrogens is 174 g/mol. The highest BCUT2D eigenvalue weighted by Crippen LogP contribution is 2.31. The Morgan fingerprint density at radius 2 is 2.00 bits per heavy atom. The van der Waals surface area contributed by atoms with E-state index in [4.69, 9.17) is 0 Å². The molecule has 1 aromatic rings. The van der Waals surface area contributed by atoms with Crippen LogP contribution in [-0.4, -0.2) is 36.8 Å². The predicted octanol–water partition coefficient (Wildman–Crippen LogP) is 1.32. The molecule has 1 fully saturated rings. The van der Waals surface area contributed by atoms with E-state index in [0.717, 1.165) is 13.1 Å². The van der Waals surface area contributed by atoms with E-state index in [2.05, 4.69) is 36.2 Å². The first kappa shape index (κ1) is 9.69. The maximum atomic E-state index is 9.29. The number of hydrogen-bond acceptors (Lipinski definition) is 2. The summed E-state index contributed by atoms with van der Waals surface area (Å²) in [6, 6.07) is 10.5. The van der Waals surface area contributed by atoms with Crippen molar-refractivity contribution in [2.75, 3.05) is 26.7 Å². The number of likely N-dealkylation sites (tertiary alicyclic amines) is 1. The number of nitrogens with zero attached hydrogens (tertiary/aromatic N) is 1. The number of rotatable bonds is 2. The molecule has 76 valence electrons. The van der Waals surface area contributed by atoms with Gasteiger partial charge in [0, 0.05) is 31.5 Å². The second-order valence-corrected chi connectivity index (χ2v) is 4.18. The molecule has 0 spiro atoms. The topological polar surface area (TPSA) is 23.5 Å². The minimum Gasteiger partial charge on any atom is -0.396 e. The van der Waals surface area contributed by atoms with Crippen molar-refractivity contribution in [3.8, 4) is 0 Å². The molecule has 1 saturated heterocycles. The van der Waals surface area contributed by atoms with Crippen LogP contribution in [0.1, 0.15) is 11.5 Å². The van der Waals surface area contributed by atoms with Crippen LogP contribution in [-0.2, 0) is 0 Å². The molecule has 1 N–H and O–H groups in total. The average Bonchev–Trinajstić information content (AvgIpc) is 2.61. The number of hydrogen-bond donors (Lipinski definition) is 1. The fraction of sp³-hybridized carbons (Fsp3) is 0.500. The SMILES string of the molecule is CN1C[C@H](CO)[C@H](c2ccccc2)C1. The molecule has 2 rings (SSSR count). The van der Waals surface area contributed by atoms with Crippen molar-refractivity contribution < 1.29 is 5.11 Å². The van der Waals surface area contributed by atoms with E-state index < -0.39 is 0 Å². The Hall–Kier alpha value is -0.860. The normalized spacial score (nSPS) is 28.1. The van der Waals surface area contributed by atoms with Crippen molar-refractivity contribution >= 4 is 0 Å². The lowest BCUT2D eigenvalue weighted by Crippen LogP contribution is -2.15. The summed E-state index contributed by atoms with van der Waals surface area (Å²) in [6.07, 6.45) is 0. The van der Waals surface area contributed by atoms with E-state index in [9.17, 15) is 5.11 Å². The first-order chi connectivity index (χ1) is 6.81. The van der Waals surface area contributed by atoms with Crippen molar-refractivity contribution in [1.29, 1.82) is 0 Å². The van der Waals surface area contributed by atoms with Crippen LogP contribution in [0.3, 0.4) is 0 Å². The highest BCUT2D eigenvalue weighted by molar-refractivity contribution is 5.22. The molecular formula is C12H17NO. The average molecular weight is 191 g/mol. The summed E-state index contributed by atoms with van der Waals surface area (Å²) in [5.41, 5.74) is 1.36. The molecule has 14 heavy (non-hydrogen) atoms. The smallest absolute Gasteiger partial charge is 0.0477 e. The zero-order chi connectivity index (χ0) is 9.97. The molecule has 1 aromatic carbocycles. The summed E-state index contributed by atoms with van der Waals surface area (Å²) in [4.78, 5) is 2.29. The molecule has 2 heteroatoms. The van der Waals surface area contributed by atoms with Crippen LogP contribution >= 0.6 is 0 Å². The molecule has 0 unspecified atom stereocenters. The summed E-state index contributed by atoms with van der Waals surface area (Å²) < 4.78 is 0. The number of aliphatic hydroxyl groups excluding tert-OH is 1. The van der Waals surface area contributed by atoms with Crippen molar-refractivity contribution in [2.24, 2.45) is 5.92 Å². The third kappa shape index (κ3) is 1.81. The number of likely N-dealkylation sites (N-methyl/N-ethyl adjacent to an activating group) is 1. The van der Waals surface area contributed by atoms with Gasteiger partial charge in [0.05, 0.1) is 0 Å². The van der Waals surface area contributed by atoms with Gasteiger partial charge in [-0.25, -0.2) is 0 Å². The number of aliphatic hydroxyl groups is 1. The summed E-state index contributed by atoms with van der Waals surface area (Å²) in [7, 11) is 2.12. The van der Waals surface area contributed by atoms with E-state index >= 15 is 0 Å². The van der Waals surface area contributed by atoms with Crippen LogP contribution in [0.2, 0.25) is 0 Å². The molecule has 1 heterocycles. The van der Waals surface area contributed by atoms with E-state index in [0.29, 0.717) is 18.4 Å². The Bertz CT molecular complexity index is 286. The van der Waals surface area contributed by atoms with Crippen LogP contribution in [0.5, 0.6) is 0 Å². The minimum absolute atomic E-state index is 0.296. The van der Waals surface area contributed by atoms with Crippen molar-refractivity contribution in [3.63, 3.8) is 0 Å². The van der Waals surface area contributed by atoms with Gasteiger partial charge in [0.15, 0.2) is 0 Å². The third-order valence-electron chi connectivity index (χ3n) is 3.09. The first-order valence-electron chi connectivity index (χ1n) is 5.15. The molecule has 0 radical (unpaired) electrons. The summed E-state index contributed by atoms with van der Waals surface area (Å²) >= 11 is 0. The Morgan fingerprint density at radius 3 is 2.64 bits per heavy atom. The monoisotopic (exact) mass is 191 g/mol. The van der Waals surface area contributed by atoms with Crippen molar-refractivity contribution in [3.05, 3.63) is 35.9 Å². The van der Waals surface area contributed by atoms with Gasteiger partial charge in [-0.15, -0.1) is 0 Å². The van der Waals surface area contributed by atoms with E-state index in [1.54, 1.807) is 0 Å². The largest absolute Gasteiger partial charge is 0.396 e. The Morgan fingerprint density at radius 1 is 1.29 bits per heavy atom. The fourth-order valence-electron chi connectivity index (χ4n) is 2.35. The fourth-order valence-corrected chi connectivity index (χ4v) is 2.35. The van der Waals surface area contributed by atoms with Gasteiger partial charge in [0.1, 0.15) is 0 Å². The molecule has 0 saturated carbocycles. The van der Waals surface area contributed by atoms with Crippen molar-refractivity contribution in [1.82, 2.24) is 4.90 Å². The van der Waals surface area contributed by atoms with Crippen LogP contribution < -0.4 is 0 Å². The quantitative estimate of drug-likeness (QED) is 0.762. The molecule has 1 aliphatic heterocycles. The zero-order valence-corrected chi connectivity index (χ0v) is 8.56. The molecule has 1 aliphatic rings. The molecule has 0 bridgehead atoms. The molecule has 0 amide bonds. The highest BCUT2D eigenvalue weighted by Gasteiger charge is 2.30. The maximum Gasteiger partial charge on any atom is 0.0477 e. The molecule has 2 atom stereocenters. The first-order valence-corrected chi connectivity index (χ1v) is 5.15. The maximum absolute atomic E-state index is 9.29. The van der Waals surface area contributed by atoms with Crippen LogP contribution in [0.15, 0.2) is 30.3 Å². The van der Waals surface area contributed by atoms with Gasteiger partial charge in [-0.05, 0) is 12.6 Å². The zero-order valence-electron chi connectivity index (χ0n) is 8.56. The summed E-state index contributed by atoms with van der Waals surface area (Å²) in [5.74, 6) is 0.911. The number of benzene rings is 1. The van der Waals surface area contributed by atoms with Gasteiger partial charge in [-0.2, -0.15) is 0 Å². The van der Waals surface area contributed by atoms with E-state index in [-0.39, 0.29) is 0 Å². The van der Waals surface area contributed by atoms with Crippen LogP contribution in [0.25, 0.3) is 0 Å². The summed E-state index contributed by atoms with van der Waals surface area (Å²) in [5, 5.41) is 9.29.